The van der Waals surface area contributed by atoms with Crippen LogP contribution in [0.5, 0.6) is 0 Å². The zero-order chi connectivity index (χ0) is 12.1. The van der Waals surface area contributed by atoms with Crippen LogP contribution in [0.25, 0.3) is 0 Å². The number of hydrogen-bond acceptors (Lipinski definition) is 3. The van der Waals surface area contributed by atoms with Crippen LogP contribution >= 0.6 is 11.6 Å². The normalized spacial score (nSPS) is 10.9. The van der Waals surface area contributed by atoms with Gasteiger partial charge in [-0.05, 0) is 6.07 Å². The Bertz CT molecular complexity index is 349. The van der Waals surface area contributed by atoms with Gasteiger partial charge < -0.3 is 10.6 Å². The number of pyridine rings is 1. The number of alkyl halides is 2. The topological polar surface area (TPSA) is 42.1 Å². The van der Waals surface area contributed by atoms with Crippen molar-refractivity contribution in [1.29, 1.82) is 0 Å². The van der Waals surface area contributed by atoms with Gasteiger partial charge in [-0.3, -0.25) is 0 Å². The minimum absolute atomic E-state index is 0.107. The highest BCUT2D eigenvalue weighted by Gasteiger charge is 2.17. The van der Waals surface area contributed by atoms with E-state index < -0.39 is 18.8 Å². The molecule has 1 aromatic heterocycles. The summed E-state index contributed by atoms with van der Waals surface area (Å²) in [4.78, 5) is 4.77. The minimum atomic E-state index is -2.58. The maximum absolute atomic E-state index is 13.4. The molecule has 0 radical (unpaired) electrons. The number of nitrogens with zero attached hydrogens (tertiary/aromatic N) is 2. The molecule has 7 heteroatoms. The fraction of sp³-hybridized carbons (Fsp3) is 0.444. The van der Waals surface area contributed by atoms with E-state index in [0.29, 0.717) is 0 Å². The van der Waals surface area contributed by atoms with Gasteiger partial charge in [-0.1, -0.05) is 11.6 Å². The molecule has 0 saturated carbocycles. The van der Waals surface area contributed by atoms with Crippen molar-refractivity contribution in [3.63, 3.8) is 0 Å². The van der Waals surface area contributed by atoms with E-state index in [1.54, 1.807) is 0 Å². The van der Waals surface area contributed by atoms with Crippen LogP contribution in [-0.4, -0.2) is 31.0 Å². The number of anilines is 1. The molecule has 0 amide bonds. The van der Waals surface area contributed by atoms with Gasteiger partial charge in [-0.15, -0.1) is 0 Å². The molecule has 0 aliphatic carbocycles. The molecule has 90 valence electrons. The fourth-order valence-corrected chi connectivity index (χ4v) is 1.39. The van der Waals surface area contributed by atoms with Crippen molar-refractivity contribution in [3.8, 4) is 0 Å². The van der Waals surface area contributed by atoms with E-state index in [1.807, 2.05) is 0 Å². The molecule has 2 N–H and O–H groups in total. The average Bonchev–Trinajstić information content (AvgIpc) is 2.16. The predicted octanol–water partition coefficient (Wildman–Crippen LogP) is 1.90. The molecule has 1 aromatic rings. The van der Waals surface area contributed by atoms with E-state index in [4.69, 9.17) is 17.3 Å². The SMILES string of the molecule is NCCN(CC(F)F)c1ncc(Cl)cc1F. The molecule has 0 saturated heterocycles. The predicted molar refractivity (Wildman–Crippen MR) is 56.5 cm³/mol. The summed E-state index contributed by atoms with van der Waals surface area (Å²) in [6.07, 6.45) is -1.38. The van der Waals surface area contributed by atoms with Crippen molar-refractivity contribution in [1.82, 2.24) is 4.98 Å². The highest BCUT2D eigenvalue weighted by atomic mass is 35.5. The molecule has 0 bridgehead atoms. The zero-order valence-electron chi connectivity index (χ0n) is 8.34. The molecular weight excluding hydrogens is 243 g/mol. The van der Waals surface area contributed by atoms with E-state index in [0.717, 1.165) is 11.0 Å². The molecule has 3 nitrogen and oxygen atoms in total. The first-order valence-electron chi connectivity index (χ1n) is 4.58. The van der Waals surface area contributed by atoms with Crippen LogP contribution in [-0.2, 0) is 0 Å². The van der Waals surface area contributed by atoms with Crippen LogP contribution in [0.15, 0.2) is 12.3 Å². The third-order valence-electron chi connectivity index (χ3n) is 1.85. The first kappa shape index (κ1) is 13.1. The molecule has 0 aromatic carbocycles. The van der Waals surface area contributed by atoms with Crippen molar-refractivity contribution in [2.24, 2.45) is 5.73 Å². The molecule has 0 unspecified atom stereocenters. The lowest BCUT2D eigenvalue weighted by Gasteiger charge is -2.22. The molecule has 0 aliphatic rings. The summed E-state index contributed by atoms with van der Waals surface area (Å²) in [5.74, 6) is -0.892. The summed E-state index contributed by atoms with van der Waals surface area (Å²) in [6.45, 7) is -0.366. The number of nitrogens with two attached hydrogens (primary N) is 1. The standard InChI is InChI=1S/C9H11ClF3N3/c10-6-3-7(11)9(15-4-6)16(2-1-14)5-8(12)13/h3-4,8H,1-2,5,14H2. The van der Waals surface area contributed by atoms with Crippen molar-refractivity contribution < 1.29 is 13.2 Å². The summed E-state index contributed by atoms with van der Waals surface area (Å²) < 4.78 is 37.9. The highest BCUT2D eigenvalue weighted by Crippen LogP contribution is 2.20. The molecule has 1 heterocycles. The second-order valence-corrected chi connectivity index (χ2v) is 3.52. The van der Waals surface area contributed by atoms with E-state index in [1.165, 1.54) is 6.20 Å². The summed E-state index contributed by atoms with van der Waals surface area (Å²) >= 11 is 5.51. The third-order valence-corrected chi connectivity index (χ3v) is 2.05. The van der Waals surface area contributed by atoms with Crippen LogP contribution in [0.4, 0.5) is 19.0 Å². The quantitative estimate of drug-likeness (QED) is 0.872. The largest absolute Gasteiger partial charge is 0.347 e. The Hall–Kier alpha value is -1.01. The van der Waals surface area contributed by atoms with Crippen molar-refractivity contribution in [2.45, 2.75) is 6.43 Å². The molecule has 0 spiro atoms. The van der Waals surface area contributed by atoms with E-state index >= 15 is 0 Å². The first-order valence-corrected chi connectivity index (χ1v) is 4.96. The summed E-state index contributed by atoms with van der Waals surface area (Å²) in [5.41, 5.74) is 5.26. The van der Waals surface area contributed by atoms with Crippen molar-refractivity contribution in [2.75, 3.05) is 24.5 Å². The Morgan fingerprint density at radius 1 is 1.50 bits per heavy atom. The van der Waals surface area contributed by atoms with E-state index in [2.05, 4.69) is 4.98 Å². The number of aromatic nitrogens is 1. The lowest BCUT2D eigenvalue weighted by molar-refractivity contribution is 0.154. The van der Waals surface area contributed by atoms with Gasteiger partial charge in [0.2, 0.25) is 0 Å². The molecule has 1 rings (SSSR count). The van der Waals surface area contributed by atoms with Crippen LogP contribution in [0.2, 0.25) is 5.02 Å². The van der Waals surface area contributed by atoms with Gasteiger partial charge >= 0.3 is 0 Å². The van der Waals surface area contributed by atoms with E-state index in [-0.39, 0.29) is 23.9 Å². The third kappa shape index (κ3) is 3.53. The van der Waals surface area contributed by atoms with Crippen LogP contribution in [0, 0.1) is 5.82 Å². The molecule has 16 heavy (non-hydrogen) atoms. The first-order chi connectivity index (χ1) is 7.54. The Morgan fingerprint density at radius 2 is 2.19 bits per heavy atom. The van der Waals surface area contributed by atoms with Crippen LogP contribution < -0.4 is 10.6 Å². The molecule has 0 atom stereocenters. The Balaban J connectivity index is 2.91. The lowest BCUT2D eigenvalue weighted by atomic mass is 10.3. The van der Waals surface area contributed by atoms with Gasteiger partial charge in [0.1, 0.15) is 0 Å². The highest BCUT2D eigenvalue weighted by molar-refractivity contribution is 6.30. The molecular formula is C9H11ClF3N3. The summed E-state index contributed by atoms with van der Waals surface area (Å²) in [7, 11) is 0. The van der Waals surface area contributed by atoms with Gasteiger partial charge in [0.05, 0.1) is 11.6 Å². The Labute approximate surface area is 96.0 Å². The second-order valence-electron chi connectivity index (χ2n) is 3.08. The molecule has 0 aliphatic heterocycles. The Morgan fingerprint density at radius 3 is 2.69 bits per heavy atom. The minimum Gasteiger partial charge on any atom is -0.347 e. The second kappa shape index (κ2) is 5.91. The number of rotatable bonds is 5. The van der Waals surface area contributed by atoms with Gasteiger partial charge in [0, 0.05) is 19.3 Å². The van der Waals surface area contributed by atoms with Crippen LogP contribution in [0.1, 0.15) is 0 Å². The maximum Gasteiger partial charge on any atom is 0.255 e. The number of halogens is 4. The van der Waals surface area contributed by atoms with Gasteiger partial charge in [0.25, 0.3) is 6.43 Å². The average molecular weight is 254 g/mol. The lowest BCUT2D eigenvalue weighted by Crippen LogP contribution is -2.34. The fourth-order valence-electron chi connectivity index (χ4n) is 1.25. The Kier molecular flexibility index (Phi) is 4.82. The van der Waals surface area contributed by atoms with Gasteiger partial charge in [0.15, 0.2) is 11.6 Å². The summed E-state index contributed by atoms with van der Waals surface area (Å²) in [6, 6.07) is 1.03. The van der Waals surface area contributed by atoms with Gasteiger partial charge in [-0.2, -0.15) is 0 Å². The van der Waals surface area contributed by atoms with Crippen LogP contribution in [0.3, 0.4) is 0 Å². The zero-order valence-corrected chi connectivity index (χ0v) is 9.09. The van der Waals surface area contributed by atoms with Crippen molar-refractivity contribution in [3.05, 3.63) is 23.1 Å². The van der Waals surface area contributed by atoms with Crippen molar-refractivity contribution >= 4 is 17.4 Å². The molecule has 0 fully saturated rings. The van der Waals surface area contributed by atoms with Gasteiger partial charge in [-0.25, -0.2) is 18.2 Å². The number of hydrogen-bond donors (Lipinski definition) is 1. The maximum atomic E-state index is 13.4. The summed E-state index contributed by atoms with van der Waals surface area (Å²) in [5, 5.41) is 0.117. The monoisotopic (exact) mass is 253 g/mol. The smallest absolute Gasteiger partial charge is 0.255 e. The van der Waals surface area contributed by atoms with E-state index in [9.17, 15) is 13.2 Å².